The van der Waals surface area contributed by atoms with Crippen molar-refractivity contribution in [3.05, 3.63) is 23.2 Å². The Kier molecular flexibility index (Phi) is 8.63. The van der Waals surface area contributed by atoms with Gasteiger partial charge in [0, 0.05) is 63.2 Å². The molecule has 0 atom stereocenters. The molecule has 1 saturated carbocycles. The molecule has 1 saturated heterocycles. The fourth-order valence-corrected chi connectivity index (χ4v) is 4.37. The molecule has 0 bridgehead atoms. The van der Waals surface area contributed by atoms with Gasteiger partial charge in [-0.25, -0.2) is 0 Å². The lowest BCUT2D eigenvalue weighted by Gasteiger charge is -2.36. The average Bonchev–Trinajstić information content (AvgIpc) is 3.29. The van der Waals surface area contributed by atoms with Crippen LogP contribution in [0.25, 0.3) is 0 Å². The van der Waals surface area contributed by atoms with Gasteiger partial charge in [0.1, 0.15) is 5.75 Å². The summed E-state index contributed by atoms with van der Waals surface area (Å²) in [5.74, 6) is 1.32. The molecule has 2 amide bonds. The van der Waals surface area contributed by atoms with Crippen molar-refractivity contribution in [2.45, 2.75) is 32.1 Å². The molecule has 1 heterocycles. The van der Waals surface area contributed by atoms with E-state index >= 15 is 0 Å². The third-order valence-electron chi connectivity index (χ3n) is 5.97. The Balaban J connectivity index is 1.28. The first-order chi connectivity index (χ1) is 14.6. The number of ether oxygens (including phenoxy) is 1. The number of hydrogen-bond acceptors (Lipinski definition) is 5. The summed E-state index contributed by atoms with van der Waals surface area (Å²) in [7, 11) is 1.60. The predicted octanol–water partition coefficient (Wildman–Crippen LogP) is 2.60. The molecular formula is C22H33ClN4O3. The van der Waals surface area contributed by atoms with E-state index in [9.17, 15) is 9.59 Å². The Morgan fingerprint density at radius 2 is 1.87 bits per heavy atom. The minimum atomic E-state index is 0.0125. The van der Waals surface area contributed by atoms with Crippen molar-refractivity contribution in [2.75, 3.05) is 58.2 Å². The van der Waals surface area contributed by atoms with Crippen molar-refractivity contribution in [1.82, 2.24) is 15.1 Å². The quantitative estimate of drug-likeness (QED) is 0.622. The summed E-state index contributed by atoms with van der Waals surface area (Å²) >= 11 is 6.02. The van der Waals surface area contributed by atoms with Crippen molar-refractivity contribution >= 4 is 29.1 Å². The minimum absolute atomic E-state index is 0.0125. The van der Waals surface area contributed by atoms with Gasteiger partial charge in [-0.2, -0.15) is 0 Å². The second-order valence-corrected chi connectivity index (χ2v) is 8.46. The molecule has 2 aliphatic rings. The third-order valence-corrected chi connectivity index (χ3v) is 6.20. The highest BCUT2D eigenvalue weighted by atomic mass is 35.5. The number of halogens is 1. The summed E-state index contributed by atoms with van der Waals surface area (Å²) < 4.78 is 5.29. The van der Waals surface area contributed by atoms with Crippen LogP contribution >= 0.6 is 11.6 Å². The fraction of sp³-hybridized carbons (Fsp3) is 0.636. The van der Waals surface area contributed by atoms with Crippen LogP contribution in [0, 0.1) is 5.92 Å². The lowest BCUT2D eigenvalue weighted by molar-refractivity contribution is -0.137. The van der Waals surface area contributed by atoms with Crippen LogP contribution in [0.4, 0.5) is 5.69 Å². The topological polar surface area (TPSA) is 73.9 Å². The van der Waals surface area contributed by atoms with Gasteiger partial charge in [-0.05, 0) is 31.0 Å². The molecular weight excluding hydrogens is 404 g/mol. The van der Waals surface area contributed by atoms with Crippen molar-refractivity contribution in [3.8, 4) is 5.75 Å². The van der Waals surface area contributed by atoms with E-state index in [2.05, 4.69) is 15.5 Å². The maximum atomic E-state index is 12.5. The van der Waals surface area contributed by atoms with Crippen LogP contribution in [0.3, 0.4) is 0 Å². The van der Waals surface area contributed by atoms with Gasteiger partial charge >= 0.3 is 0 Å². The average molecular weight is 437 g/mol. The molecule has 1 aliphatic heterocycles. The smallest absolute Gasteiger partial charge is 0.225 e. The standard InChI is InChI=1S/C22H33ClN4O3/c1-30-20-7-6-18(23)16-19(20)24-9-8-21(28)25-10-11-26-12-14-27(15-13-26)22(29)17-4-2-3-5-17/h6-7,16-17,24H,2-5,8-15H2,1H3,(H,25,28). The molecule has 0 spiro atoms. The van der Waals surface area contributed by atoms with Crippen LogP contribution in [0.15, 0.2) is 18.2 Å². The fourth-order valence-electron chi connectivity index (χ4n) is 4.19. The van der Waals surface area contributed by atoms with Gasteiger partial charge in [-0.15, -0.1) is 0 Å². The largest absolute Gasteiger partial charge is 0.495 e. The highest BCUT2D eigenvalue weighted by molar-refractivity contribution is 6.30. The number of nitrogens with one attached hydrogen (secondary N) is 2. The number of amides is 2. The first-order valence-corrected chi connectivity index (χ1v) is 11.3. The zero-order chi connectivity index (χ0) is 21.3. The number of piperazine rings is 1. The molecule has 1 aliphatic carbocycles. The van der Waals surface area contributed by atoms with Crippen LogP contribution in [0.1, 0.15) is 32.1 Å². The number of hydrogen-bond donors (Lipinski definition) is 2. The zero-order valence-electron chi connectivity index (χ0n) is 17.8. The highest BCUT2D eigenvalue weighted by Gasteiger charge is 2.29. The summed E-state index contributed by atoms with van der Waals surface area (Å²) in [6.07, 6.45) is 4.88. The van der Waals surface area contributed by atoms with Gasteiger partial charge in [0.05, 0.1) is 12.8 Å². The summed E-state index contributed by atoms with van der Waals surface area (Å²) in [6.45, 7) is 5.30. The van der Waals surface area contributed by atoms with E-state index in [1.54, 1.807) is 25.3 Å². The van der Waals surface area contributed by atoms with Crippen LogP contribution < -0.4 is 15.4 Å². The van der Waals surface area contributed by atoms with Crippen LogP contribution in [-0.2, 0) is 9.59 Å². The van der Waals surface area contributed by atoms with E-state index in [1.165, 1.54) is 12.8 Å². The van der Waals surface area contributed by atoms with Crippen LogP contribution in [0.5, 0.6) is 5.75 Å². The molecule has 0 aromatic heterocycles. The lowest BCUT2D eigenvalue weighted by Crippen LogP contribution is -2.51. The van der Waals surface area contributed by atoms with Gasteiger partial charge in [0.25, 0.3) is 0 Å². The molecule has 1 aromatic rings. The van der Waals surface area contributed by atoms with Gasteiger partial charge < -0.3 is 20.3 Å². The Hall–Kier alpha value is -1.99. The lowest BCUT2D eigenvalue weighted by atomic mass is 10.1. The Morgan fingerprint density at radius 1 is 1.13 bits per heavy atom. The molecule has 7 nitrogen and oxygen atoms in total. The van der Waals surface area contributed by atoms with Crippen molar-refractivity contribution in [3.63, 3.8) is 0 Å². The highest BCUT2D eigenvalue weighted by Crippen LogP contribution is 2.28. The van der Waals surface area contributed by atoms with Gasteiger partial charge in [0.15, 0.2) is 0 Å². The number of anilines is 1. The maximum Gasteiger partial charge on any atom is 0.225 e. The zero-order valence-corrected chi connectivity index (χ0v) is 18.5. The SMILES string of the molecule is COc1ccc(Cl)cc1NCCC(=O)NCCN1CCN(C(=O)C2CCCC2)CC1. The molecule has 30 heavy (non-hydrogen) atoms. The number of carbonyl (C=O) groups excluding carboxylic acids is 2. The second-order valence-electron chi connectivity index (χ2n) is 8.02. The number of benzene rings is 1. The van der Waals surface area contributed by atoms with Crippen molar-refractivity contribution < 1.29 is 14.3 Å². The Labute approximate surface area is 184 Å². The van der Waals surface area contributed by atoms with Gasteiger partial charge in [-0.3, -0.25) is 14.5 Å². The molecule has 3 rings (SSSR count). The van der Waals surface area contributed by atoms with E-state index in [0.717, 1.165) is 51.3 Å². The van der Waals surface area contributed by atoms with E-state index in [0.29, 0.717) is 36.2 Å². The van der Waals surface area contributed by atoms with Crippen molar-refractivity contribution in [1.29, 1.82) is 0 Å². The summed E-state index contributed by atoms with van der Waals surface area (Å²) in [4.78, 5) is 28.9. The molecule has 2 N–H and O–H groups in total. The van der Waals surface area contributed by atoms with Crippen LogP contribution in [-0.4, -0.2) is 74.5 Å². The van der Waals surface area contributed by atoms with E-state index in [4.69, 9.17) is 16.3 Å². The van der Waals surface area contributed by atoms with Gasteiger partial charge in [0.2, 0.25) is 11.8 Å². The number of methoxy groups -OCH3 is 1. The minimum Gasteiger partial charge on any atom is -0.495 e. The van der Waals surface area contributed by atoms with Crippen LogP contribution in [0.2, 0.25) is 5.02 Å². The van der Waals surface area contributed by atoms with E-state index < -0.39 is 0 Å². The Morgan fingerprint density at radius 3 is 2.57 bits per heavy atom. The number of rotatable bonds is 9. The summed E-state index contributed by atoms with van der Waals surface area (Å²) in [5.41, 5.74) is 0.780. The predicted molar refractivity (Wildman–Crippen MR) is 119 cm³/mol. The first-order valence-electron chi connectivity index (χ1n) is 10.9. The molecule has 2 fully saturated rings. The molecule has 8 heteroatoms. The Bertz CT molecular complexity index is 716. The van der Waals surface area contributed by atoms with E-state index in [1.807, 2.05) is 4.90 Å². The molecule has 1 aromatic carbocycles. The van der Waals surface area contributed by atoms with Crippen molar-refractivity contribution in [2.24, 2.45) is 5.92 Å². The number of nitrogens with zero attached hydrogens (tertiary/aromatic N) is 2. The normalized spacial score (nSPS) is 17.7. The molecule has 166 valence electrons. The van der Waals surface area contributed by atoms with Gasteiger partial charge in [-0.1, -0.05) is 24.4 Å². The maximum absolute atomic E-state index is 12.5. The summed E-state index contributed by atoms with van der Waals surface area (Å²) in [5, 5.41) is 6.79. The third kappa shape index (κ3) is 6.51. The van der Waals surface area contributed by atoms with E-state index in [-0.39, 0.29) is 11.8 Å². The molecule has 0 unspecified atom stereocenters. The monoisotopic (exact) mass is 436 g/mol. The molecule has 0 radical (unpaired) electrons. The first kappa shape index (κ1) is 22.7. The second kappa shape index (κ2) is 11.4. The summed E-state index contributed by atoms with van der Waals surface area (Å²) in [6, 6.07) is 5.35. The number of carbonyl (C=O) groups is 2.